The van der Waals surface area contributed by atoms with Gasteiger partial charge < -0.3 is 5.32 Å². The molecule has 0 aromatic heterocycles. The summed E-state index contributed by atoms with van der Waals surface area (Å²) >= 11 is 0. The van der Waals surface area contributed by atoms with E-state index in [0.717, 1.165) is 18.9 Å². The third-order valence-corrected chi connectivity index (χ3v) is 2.91. The van der Waals surface area contributed by atoms with Gasteiger partial charge in [-0.2, -0.15) is 5.26 Å². The van der Waals surface area contributed by atoms with Gasteiger partial charge in [0.25, 0.3) is 0 Å². The molecule has 3 nitrogen and oxygen atoms in total. The Morgan fingerprint density at radius 2 is 2.21 bits per heavy atom. The minimum Gasteiger partial charge on any atom is -0.355 e. The Morgan fingerprint density at radius 3 is 2.79 bits per heavy atom. The average Bonchev–Trinajstić information content (AvgIpc) is 2.69. The summed E-state index contributed by atoms with van der Waals surface area (Å²) in [6.45, 7) is 2.36. The van der Waals surface area contributed by atoms with E-state index in [-0.39, 0.29) is 5.91 Å². The van der Waals surface area contributed by atoms with E-state index in [9.17, 15) is 4.79 Å². The van der Waals surface area contributed by atoms with Gasteiger partial charge in [0.05, 0.1) is 6.07 Å². The van der Waals surface area contributed by atoms with Crippen molar-refractivity contribution in [3.8, 4) is 6.07 Å². The van der Waals surface area contributed by atoms with Crippen LogP contribution in [0.25, 0.3) is 0 Å². The number of nitrogens with one attached hydrogen (secondary N) is 1. The van der Waals surface area contributed by atoms with E-state index in [0.29, 0.717) is 0 Å². The first-order chi connectivity index (χ1) is 6.74. The Hall–Kier alpha value is -1.04. The SMILES string of the molecule is CC(C#N)C(=O)NCCC1CCCC1. The van der Waals surface area contributed by atoms with Crippen molar-refractivity contribution in [3.05, 3.63) is 0 Å². The number of hydrogen-bond acceptors (Lipinski definition) is 2. The standard InChI is InChI=1S/C11H18N2O/c1-9(8-12)11(14)13-7-6-10-4-2-3-5-10/h9-10H,2-7H2,1H3,(H,13,14). The number of carbonyl (C=O) groups is 1. The zero-order chi connectivity index (χ0) is 10.4. The highest BCUT2D eigenvalue weighted by molar-refractivity contribution is 5.80. The summed E-state index contributed by atoms with van der Waals surface area (Å²) in [4.78, 5) is 11.2. The highest BCUT2D eigenvalue weighted by Gasteiger charge is 2.15. The summed E-state index contributed by atoms with van der Waals surface area (Å²) in [6.07, 6.45) is 6.37. The van der Waals surface area contributed by atoms with Crippen LogP contribution < -0.4 is 5.32 Å². The number of carbonyl (C=O) groups excluding carboxylic acids is 1. The van der Waals surface area contributed by atoms with Crippen molar-refractivity contribution in [1.29, 1.82) is 5.26 Å². The number of rotatable bonds is 4. The number of nitriles is 1. The van der Waals surface area contributed by atoms with Crippen molar-refractivity contribution in [2.24, 2.45) is 11.8 Å². The topological polar surface area (TPSA) is 52.9 Å². The fourth-order valence-electron chi connectivity index (χ4n) is 1.91. The zero-order valence-corrected chi connectivity index (χ0v) is 8.75. The molecule has 0 aromatic rings. The second-order valence-corrected chi connectivity index (χ2v) is 4.08. The van der Waals surface area contributed by atoms with Crippen molar-refractivity contribution >= 4 is 5.91 Å². The van der Waals surface area contributed by atoms with Gasteiger partial charge in [0.1, 0.15) is 5.92 Å². The van der Waals surface area contributed by atoms with E-state index < -0.39 is 5.92 Å². The molecule has 14 heavy (non-hydrogen) atoms. The molecule has 0 aliphatic heterocycles. The van der Waals surface area contributed by atoms with E-state index in [1.807, 2.05) is 6.07 Å². The monoisotopic (exact) mass is 194 g/mol. The molecule has 0 heterocycles. The third-order valence-electron chi connectivity index (χ3n) is 2.91. The van der Waals surface area contributed by atoms with E-state index in [4.69, 9.17) is 5.26 Å². The molecular formula is C11H18N2O. The van der Waals surface area contributed by atoms with Crippen LogP contribution in [0, 0.1) is 23.2 Å². The minimum atomic E-state index is -0.515. The van der Waals surface area contributed by atoms with Crippen LogP contribution in [0.2, 0.25) is 0 Å². The van der Waals surface area contributed by atoms with Crippen molar-refractivity contribution < 1.29 is 4.79 Å². The molecule has 0 aromatic carbocycles. The molecule has 0 radical (unpaired) electrons. The van der Waals surface area contributed by atoms with Crippen LogP contribution in [0.1, 0.15) is 39.0 Å². The van der Waals surface area contributed by atoms with Gasteiger partial charge >= 0.3 is 0 Å². The van der Waals surface area contributed by atoms with E-state index in [1.54, 1.807) is 6.92 Å². The van der Waals surface area contributed by atoms with Crippen molar-refractivity contribution in [2.75, 3.05) is 6.54 Å². The first kappa shape index (κ1) is 11.0. The van der Waals surface area contributed by atoms with Crippen LogP contribution in [0.15, 0.2) is 0 Å². The first-order valence-electron chi connectivity index (χ1n) is 5.41. The zero-order valence-electron chi connectivity index (χ0n) is 8.75. The average molecular weight is 194 g/mol. The highest BCUT2D eigenvalue weighted by Crippen LogP contribution is 2.26. The summed E-state index contributed by atoms with van der Waals surface area (Å²) in [6, 6.07) is 1.93. The Balaban J connectivity index is 2.09. The molecule has 1 fully saturated rings. The van der Waals surface area contributed by atoms with E-state index in [1.165, 1.54) is 25.7 Å². The van der Waals surface area contributed by atoms with E-state index >= 15 is 0 Å². The molecule has 78 valence electrons. The summed E-state index contributed by atoms with van der Waals surface area (Å²) < 4.78 is 0. The summed E-state index contributed by atoms with van der Waals surface area (Å²) in [7, 11) is 0. The van der Waals surface area contributed by atoms with Gasteiger partial charge in [-0.1, -0.05) is 25.7 Å². The quantitative estimate of drug-likeness (QED) is 0.742. The third kappa shape index (κ3) is 3.37. The highest BCUT2D eigenvalue weighted by atomic mass is 16.1. The summed E-state index contributed by atoms with van der Waals surface area (Å²) in [5, 5.41) is 11.3. The van der Waals surface area contributed by atoms with Gasteiger partial charge in [-0.15, -0.1) is 0 Å². The molecule has 3 heteroatoms. The van der Waals surface area contributed by atoms with Crippen molar-refractivity contribution in [1.82, 2.24) is 5.32 Å². The lowest BCUT2D eigenvalue weighted by atomic mass is 10.0. The van der Waals surface area contributed by atoms with Crippen LogP contribution in [-0.2, 0) is 4.79 Å². The maximum atomic E-state index is 11.2. The lowest BCUT2D eigenvalue weighted by Gasteiger charge is -2.10. The largest absolute Gasteiger partial charge is 0.355 e. The Bertz CT molecular complexity index is 226. The molecule has 0 bridgehead atoms. The molecule has 1 N–H and O–H groups in total. The van der Waals surface area contributed by atoms with Gasteiger partial charge in [-0.25, -0.2) is 0 Å². The second kappa shape index (κ2) is 5.64. The molecular weight excluding hydrogens is 176 g/mol. The molecule has 0 spiro atoms. The maximum Gasteiger partial charge on any atom is 0.237 e. The smallest absolute Gasteiger partial charge is 0.237 e. The van der Waals surface area contributed by atoms with Crippen LogP contribution >= 0.6 is 0 Å². The summed E-state index contributed by atoms with van der Waals surface area (Å²) in [5.41, 5.74) is 0. The van der Waals surface area contributed by atoms with Crippen LogP contribution in [0.5, 0.6) is 0 Å². The Labute approximate surface area is 85.5 Å². The number of hydrogen-bond donors (Lipinski definition) is 1. The van der Waals surface area contributed by atoms with Crippen LogP contribution in [-0.4, -0.2) is 12.5 Å². The molecule has 1 unspecified atom stereocenters. The molecule has 1 saturated carbocycles. The van der Waals surface area contributed by atoms with Crippen molar-refractivity contribution in [2.45, 2.75) is 39.0 Å². The van der Waals surface area contributed by atoms with E-state index in [2.05, 4.69) is 5.32 Å². The lowest BCUT2D eigenvalue weighted by Crippen LogP contribution is -2.30. The maximum absolute atomic E-state index is 11.2. The summed E-state index contributed by atoms with van der Waals surface area (Å²) in [5.74, 6) is 0.150. The fraction of sp³-hybridized carbons (Fsp3) is 0.818. The lowest BCUT2D eigenvalue weighted by molar-refractivity contribution is -0.122. The van der Waals surface area contributed by atoms with Gasteiger partial charge in [0.2, 0.25) is 5.91 Å². The number of nitrogens with zero attached hydrogens (tertiary/aromatic N) is 1. The van der Waals surface area contributed by atoms with Gasteiger partial charge in [0.15, 0.2) is 0 Å². The molecule has 1 rings (SSSR count). The molecule has 1 aliphatic rings. The Kier molecular flexibility index (Phi) is 4.45. The van der Waals surface area contributed by atoms with Gasteiger partial charge in [-0.05, 0) is 19.3 Å². The Morgan fingerprint density at radius 1 is 1.57 bits per heavy atom. The molecule has 0 saturated heterocycles. The second-order valence-electron chi connectivity index (χ2n) is 4.08. The first-order valence-corrected chi connectivity index (χ1v) is 5.41. The van der Waals surface area contributed by atoms with Crippen LogP contribution in [0.3, 0.4) is 0 Å². The molecule has 1 amide bonds. The number of amides is 1. The predicted octanol–water partition coefficient (Wildman–Crippen LogP) is 1.84. The molecule has 1 atom stereocenters. The van der Waals surface area contributed by atoms with Gasteiger partial charge in [-0.3, -0.25) is 4.79 Å². The normalized spacial score (nSPS) is 18.9. The van der Waals surface area contributed by atoms with Crippen LogP contribution in [0.4, 0.5) is 0 Å². The van der Waals surface area contributed by atoms with Gasteiger partial charge in [0, 0.05) is 6.54 Å². The van der Waals surface area contributed by atoms with Crippen molar-refractivity contribution in [3.63, 3.8) is 0 Å². The molecule has 1 aliphatic carbocycles. The fourth-order valence-corrected chi connectivity index (χ4v) is 1.91. The predicted molar refractivity (Wildman–Crippen MR) is 54.4 cm³/mol. The minimum absolute atomic E-state index is 0.134.